The normalized spacial score (nSPS) is 12.4. The molecule has 0 aliphatic carbocycles. The third-order valence-electron chi connectivity index (χ3n) is 3.50. The Kier molecular flexibility index (Phi) is 7.23. The Hall–Kier alpha value is -1.86. The van der Waals surface area contributed by atoms with Crippen LogP contribution in [0.1, 0.15) is 5.56 Å². The molecule has 0 aliphatic rings. The quantitative estimate of drug-likeness (QED) is 0.653. The summed E-state index contributed by atoms with van der Waals surface area (Å²) in [5.74, 6) is -0.463. The highest BCUT2D eigenvalue weighted by Gasteiger charge is 2.27. The Morgan fingerprint density at radius 1 is 1.15 bits per heavy atom. The molecule has 0 heterocycles. The van der Waals surface area contributed by atoms with E-state index in [0.29, 0.717) is 0 Å². The van der Waals surface area contributed by atoms with Crippen LogP contribution in [0.2, 0.25) is 10.0 Å². The van der Waals surface area contributed by atoms with Crippen LogP contribution < -0.4 is 10.0 Å². The number of halogens is 2. The standard InChI is InChI=1S/C18H18Cl2N2O3S/c1-2-10-21-18(23)16(11-13-6-4-3-5-7-13)22-26(24,25)17-12-14(19)8-9-15(17)20/h2-9,12,16,22H,1,10-11H2,(H,21,23)/t16-/m0/s1. The maximum atomic E-state index is 12.7. The molecule has 0 aromatic heterocycles. The van der Waals surface area contributed by atoms with Crippen LogP contribution in [0.15, 0.2) is 66.1 Å². The Morgan fingerprint density at radius 2 is 1.85 bits per heavy atom. The van der Waals surface area contributed by atoms with Gasteiger partial charge in [0.15, 0.2) is 0 Å². The van der Waals surface area contributed by atoms with E-state index >= 15 is 0 Å². The summed E-state index contributed by atoms with van der Waals surface area (Å²) in [6.45, 7) is 3.76. The minimum Gasteiger partial charge on any atom is -0.351 e. The van der Waals surface area contributed by atoms with Crippen LogP contribution in [-0.2, 0) is 21.2 Å². The molecule has 5 nitrogen and oxygen atoms in total. The van der Waals surface area contributed by atoms with Crippen LogP contribution >= 0.6 is 23.2 Å². The van der Waals surface area contributed by atoms with Gasteiger partial charge >= 0.3 is 0 Å². The molecule has 0 radical (unpaired) electrons. The van der Waals surface area contributed by atoms with E-state index in [0.717, 1.165) is 5.56 Å². The van der Waals surface area contributed by atoms with Crippen LogP contribution in [-0.4, -0.2) is 26.9 Å². The lowest BCUT2D eigenvalue weighted by atomic mass is 10.1. The second kappa shape index (κ2) is 9.19. The van der Waals surface area contributed by atoms with Crippen LogP contribution in [0.4, 0.5) is 0 Å². The average Bonchev–Trinajstić information content (AvgIpc) is 2.61. The fourth-order valence-electron chi connectivity index (χ4n) is 2.27. The molecule has 0 bridgehead atoms. The molecule has 0 fully saturated rings. The number of carbonyl (C=O) groups is 1. The third kappa shape index (κ3) is 5.57. The van der Waals surface area contributed by atoms with Gasteiger partial charge in [-0.15, -0.1) is 6.58 Å². The summed E-state index contributed by atoms with van der Waals surface area (Å²) in [5, 5.41) is 2.86. The first-order chi connectivity index (χ1) is 12.3. The topological polar surface area (TPSA) is 75.3 Å². The number of hydrogen-bond acceptors (Lipinski definition) is 3. The molecule has 1 atom stereocenters. The van der Waals surface area contributed by atoms with Crippen LogP contribution in [0.5, 0.6) is 0 Å². The van der Waals surface area contributed by atoms with E-state index in [2.05, 4.69) is 16.6 Å². The number of nitrogens with one attached hydrogen (secondary N) is 2. The molecule has 0 unspecified atom stereocenters. The second-order valence-electron chi connectivity index (χ2n) is 5.47. The number of sulfonamides is 1. The summed E-state index contributed by atoms with van der Waals surface area (Å²) < 4.78 is 27.9. The smallest absolute Gasteiger partial charge is 0.242 e. The molecule has 2 rings (SSSR count). The number of rotatable bonds is 8. The van der Waals surface area contributed by atoms with Crippen molar-refractivity contribution in [1.29, 1.82) is 0 Å². The number of benzene rings is 2. The van der Waals surface area contributed by atoms with E-state index in [4.69, 9.17) is 23.2 Å². The first-order valence-corrected chi connectivity index (χ1v) is 9.97. The number of carbonyl (C=O) groups excluding carboxylic acids is 1. The molecule has 26 heavy (non-hydrogen) atoms. The van der Waals surface area contributed by atoms with E-state index in [9.17, 15) is 13.2 Å². The third-order valence-corrected chi connectivity index (χ3v) is 5.69. The largest absolute Gasteiger partial charge is 0.351 e. The second-order valence-corrected chi connectivity index (χ2v) is 8.00. The van der Waals surface area contributed by atoms with Crippen molar-refractivity contribution >= 4 is 39.1 Å². The van der Waals surface area contributed by atoms with Gasteiger partial charge < -0.3 is 5.32 Å². The van der Waals surface area contributed by atoms with Crippen molar-refractivity contribution in [2.24, 2.45) is 0 Å². The first-order valence-electron chi connectivity index (χ1n) is 7.73. The van der Waals surface area contributed by atoms with E-state index in [1.807, 2.05) is 30.3 Å². The van der Waals surface area contributed by atoms with Crippen LogP contribution in [0.25, 0.3) is 0 Å². The number of hydrogen-bond donors (Lipinski definition) is 2. The maximum Gasteiger partial charge on any atom is 0.242 e. The monoisotopic (exact) mass is 412 g/mol. The van der Waals surface area contributed by atoms with Gasteiger partial charge in [0, 0.05) is 11.6 Å². The summed E-state index contributed by atoms with van der Waals surface area (Å²) >= 11 is 11.9. The molecule has 0 saturated carbocycles. The minimum atomic E-state index is -4.06. The molecule has 0 aliphatic heterocycles. The minimum absolute atomic E-state index is 0.0202. The molecular weight excluding hydrogens is 395 g/mol. The molecule has 8 heteroatoms. The Morgan fingerprint density at radius 3 is 2.50 bits per heavy atom. The molecule has 2 aromatic rings. The zero-order chi connectivity index (χ0) is 19.2. The summed E-state index contributed by atoms with van der Waals surface area (Å²) in [6, 6.07) is 12.2. The summed E-state index contributed by atoms with van der Waals surface area (Å²) in [5.41, 5.74) is 0.811. The molecule has 0 saturated heterocycles. The van der Waals surface area contributed by atoms with E-state index in [1.165, 1.54) is 24.3 Å². The lowest BCUT2D eigenvalue weighted by molar-refractivity contribution is -0.122. The van der Waals surface area contributed by atoms with Gasteiger partial charge in [-0.3, -0.25) is 4.79 Å². The highest BCUT2D eigenvalue weighted by molar-refractivity contribution is 7.89. The lowest BCUT2D eigenvalue weighted by Gasteiger charge is -2.19. The highest BCUT2D eigenvalue weighted by atomic mass is 35.5. The van der Waals surface area contributed by atoms with Gasteiger partial charge in [-0.1, -0.05) is 59.6 Å². The van der Waals surface area contributed by atoms with Crippen molar-refractivity contribution in [3.8, 4) is 0 Å². The van der Waals surface area contributed by atoms with Crippen molar-refractivity contribution < 1.29 is 13.2 Å². The van der Waals surface area contributed by atoms with Gasteiger partial charge in [0.25, 0.3) is 0 Å². The zero-order valence-corrected chi connectivity index (χ0v) is 16.1. The van der Waals surface area contributed by atoms with Crippen molar-refractivity contribution in [3.05, 3.63) is 76.8 Å². The molecule has 138 valence electrons. The molecule has 0 spiro atoms. The van der Waals surface area contributed by atoms with Gasteiger partial charge in [0.2, 0.25) is 15.9 Å². The van der Waals surface area contributed by atoms with Gasteiger partial charge in [-0.2, -0.15) is 4.72 Å². The first kappa shape index (κ1) is 20.5. The van der Waals surface area contributed by atoms with Gasteiger partial charge in [0.05, 0.1) is 5.02 Å². The van der Waals surface area contributed by atoms with Gasteiger partial charge in [0.1, 0.15) is 10.9 Å². The zero-order valence-electron chi connectivity index (χ0n) is 13.8. The van der Waals surface area contributed by atoms with Gasteiger partial charge in [-0.05, 0) is 30.2 Å². The van der Waals surface area contributed by atoms with Crippen LogP contribution in [0.3, 0.4) is 0 Å². The summed E-state index contributed by atoms with van der Waals surface area (Å²) in [7, 11) is -4.06. The molecule has 2 N–H and O–H groups in total. The predicted molar refractivity (Wildman–Crippen MR) is 104 cm³/mol. The van der Waals surface area contributed by atoms with Crippen LogP contribution in [0, 0.1) is 0 Å². The van der Waals surface area contributed by atoms with E-state index < -0.39 is 22.0 Å². The van der Waals surface area contributed by atoms with Crippen molar-refractivity contribution in [2.75, 3.05) is 6.54 Å². The highest BCUT2D eigenvalue weighted by Crippen LogP contribution is 2.25. The van der Waals surface area contributed by atoms with Crippen molar-refractivity contribution in [3.63, 3.8) is 0 Å². The van der Waals surface area contributed by atoms with Crippen molar-refractivity contribution in [2.45, 2.75) is 17.4 Å². The predicted octanol–water partition coefficient (Wildman–Crippen LogP) is 3.19. The maximum absolute atomic E-state index is 12.7. The fraction of sp³-hybridized carbons (Fsp3) is 0.167. The van der Waals surface area contributed by atoms with Gasteiger partial charge in [-0.25, -0.2) is 8.42 Å². The van der Waals surface area contributed by atoms with Crippen molar-refractivity contribution in [1.82, 2.24) is 10.0 Å². The van der Waals surface area contributed by atoms with E-state index in [1.54, 1.807) is 0 Å². The Labute approximate surface area is 163 Å². The summed E-state index contributed by atoms with van der Waals surface area (Å²) in [6.07, 6.45) is 1.70. The van der Waals surface area contributed by atoms with E-state index in [-0.39, 0.29) is 27.9 Å². The average molecular weight is 413 g/mol. The number of amides is 1. The SMILES string of the molecule is C=CCNC(=O)[C@H](Cc1ccccc1)NS(=O)(=O)c1cc(Cl)ccc1Cl. The molecule has 2 aromatic carbocycles. The molecule has 1 amide bonds. The lowest BCUT2D eigenvalue weighted by Crippen LogP contribution is -2.48. The Balaban J connectivity index is 2.30. The summed E-state index contributed by atoms with van der Waals surface area (Å²) in [4.78, 5) is 12.2. The Bertz CT molecular complexity index is 887. The fourth-order valence-corrected chi connectivity index (χ4v) is 4.23. The molecular formula is C18H18Cl2N2O3S.